The monoisotopic (exact) mass is 350 g/mol. The molecule has 0 bridgehead atoms. The van der Waals surface area contributed by atoms with Crippen molar-refractivity contribution in [1.29, 1.82) is 0 Å². The Hall–Kier alpha value is -1.79. The van der Waals surface area contributed by atoms with Crippen molar-refractivity contribution in [2.24, 2.45) is 11.7 Å². The van der Waals surface area contributed by atoms with Crippen LogP contribution in [0.5, 0.6) is 0 Å². The van der Waals surface area contributed by atoms with E-state index in [2.05, 4.69) is 12.2 Å². The average molecular weight is 351 g/mol. The highest BCUT2D eigenvalue weighted by Crippen LogP contribution is 2.30. The van der Waals surface area contributed by atoms with Crippen LogP contribution in [0.1, 0.15) is 30.1 Å². The summed E-state index contributed by atoms with van der Waals surface area (Å²) in [5.41, 5.74) is 6.99. The summed E-state index contributed by atoms with van der Waals surface area (Å²) in [7, 11) is 0. The zero-order valence-corrected chi connectivity index (χ0v) is 14.6. The first kappa shape index (κ1) is 17.0. The second kappa shape index (κ2) is 6.99. The van der Waals surface area contributed by atoms with Crippen LogP contribution in [0.4, 0.5) is 10.5 Å². The summed E-state index contributed by atoms with van der Waals surface area (Å²) in [4.78, 5) is 28.3. The molecule has 2 aliphatic rings. The van der Waals surface area contributed by atoms with Gasteiger partial charge >= 0.3 is 6.03 Å². The van der Waals surface area contributed by atoms with Gasteiger partial charge in [-0.3, -0.25) is 9.69 Å². The lowest BCUT2D eigenvalue weighted by Crippen LogP contribution is -2.49. The molecule has 1 aromatic carbocycles. The molecule has 0 spiro atoms. The lowest BCUT2D eigenvalue weighted by Gasteiger charge is -2.38. The number of nitrogens with zero attached hydrogens (tertiary/aromatic N) is 2. The number of piperidine rings is 1. The molecule has 1 aromatic rings. The molecule has 2 unspecified atom stereocenters. The Kier molecular flexibility index (Phi) is 4.96. The van der Waals surface area contributed by atoms with Gasteiger partial charge in [-0.2, -0.15) is 0 Å². The molecule has 2 atom stereocenters. The van der Waals surface area contributed by atoms with Crippen molar-refractivity contribution in [1.82, 2.24) is 10.2 Å². The van der Waals surface area contributed by atoms with E-state index >= 15 is 0 Å². The highest BCUT2D eigenvalue weighted by molar-refractivity contribution is 6.34. The third-order valence-corrected chi connectivity index (χ3v) is 5.17. The Labute approximate surface area is 146 Å². The Bertz CT molecular complexity index is 651. The number of halogens is 1. The molecule has 0 aliphatic carbocycles. The number of carbonyl (C=O) groups excluding carboxylic acids is 2. The smallest absolute Gasteiger partial charge is 0.322 e. The molecule has 130 valence electrons. The number of amides is 3. The molecule has 2 fully saturated rings. The largest absolute Gasteiger partial charge is 0.336 e. The van der Waals surface area contributed by atoms with Crippen molar-refractivity contribution >= 4 is 29.2 Å². The van der Waals surface area contributed by atoms with Crippen LogP contribution in [0.25, 0.3) is 0 Å². The highest BCUT2D eigenvalue weighted by Gasteiger charge is 2.30. The fourth-order valence-electron chi connectivity index (χ4n) is 3.46. The van der Waals surface area contributed by atoms with Gasteiger partial charge in [0.1, 0.15) is 0 Å². The van der Waals surface area contributed by atoms with E-state index in [4.69, 9.17) is 17.3 Å². The lowest BCUT2D eigenvalue weighted by atomic mass is 9.92. The molecule has 3 amide bonds. The van der Waals surface area contributed by atoms with E-state index in [1.54, 1.807) is 23.1 Å². The summed E-state index contributed by atoms with van der Waals surface area (Å²) < 4.78 is 0. The third-order valence-electron chi connectivity index (χ3n) is 4.85. The summed E-state index contributed by atoms with van der Waals surface area (Å²) in [6, 6.07) is 4.98. The Morgan fingerprint density at radius 2 is 2.21 bits per heavy atom. The van der Waals surface area contributed by atoms with Gasteiger partial charge in [0.15, 0.2) is 0 Å². The molecule has 6 nitrogen and oxygen atoms in total. The first-order chi connectivity index (χ1) is 11.5. The predicted octanol–water partition coefficient (Wildman–Crippen LogP) is 2.07. The molecule has 2 aliphatic heterocycles. The van der Waals surface area contributed by atoms with Crippen LogP contribution in [0.15, 0.2) is 18.2 Å². The van der Waals surface area contributed by atoms with Gasteiger partial charge in [0.25, 0.3) is 5.91 Å². The molecule has 2 saturated heterocycles. The molecular formula is C17H23ClN4O2. The minimum Gasteiger partial charge on any atom is -0.336 e. The first-order valence-corrected chi connectivity index (χ1v) is 8.75. The third kappa shape index (κ3) is 3.21. The normalized spacial score (nSPS) is 24.2. The van der Waals surface area contributed by atoms with E-state index in [1.807, 2.05) is 4.90 Å². The molecule has 7 heteroatoms. The van der Waals surface area contributed by atoms with Crippen LogP contribution >= 0.6 is 11.6 Å². The zero-order chi connectivity index (χ0) is 17.3. The van der Waals surface area contributed by atoms with Crippen molar-refractivity contribution < 1.29 is 9.59 Å². The molecule has 2 heterocycles. The summed E-state index contributed by atoms with van der Waals surface area (Å²) >= 11 is 6.24. The topological polar surface area (TPSA) is 78.7 Å². The van der Waals surface area contributed by atoms with E-state index in [0.717, 1.165) is 12.8 Å². The molecule has 3 N–H and O–H groups in total. The van der Waals surface area contributed by atoms with Crippen LogP contribution in [0, 0.1) is 5.92 Å². The van der Waals surface area contributed by atoms with Gasteiger partial charge < -0.3 is 16.0 Å². The maximum absolute atomic E-state index is 12.9. The van der Waals surface area contributed by atoms with Gasteiger partial charge in [0, 0.05) is 37.8 Å². The number of nitrogens with one attached hydrogen (secondary N) is 1. The summed E-state index contributed by atoms with van der Waals surface area (Å²) in [5, 5.41) is 3.21. The molecule has 24 heavy (non-hydrogen) atoms. The van der Waals surface area contributed by atoms with Crippen LogP contribution in [-0.2, 0) is 0 Å². The van der Waals surface area contributed by atoms with Crippen molar-refractivity contribution in [3.63, 3.8) is 0 Å². The number of carbonyl (C=O) groups is 2. The van der Waals surface area contributed by atoms with E-state index in [0.29, 0.717) is 48.4 Å². The summed E-state index contributed by atoms with van der Waals surface area (Å²) in [5.74, 6) is 0.534. The van der Waals surface area contributed by atoms with Gasteiger partial charge in [-0.05, 0) is 37.0 Å². The Balaban J connectivity index is 1.86. The fourth-order valence-corrected chi connectivity index (χ4v) is 3.68. The molecule has 0 radical (unpaired) electrons. The van der Waals surface area contributed by atoms with Crippen LogP contribution < -0.4 is 16.0 Å². The van der Waals surface area contributed by atoms with Gasteiger partial charge in [-0.15, -0.1) is 0 Å². The highest BCUT2D eigenvalue weighted by atomic mass is 35.5. The maximum Gasteiger partial charge on any atom is 0.322 e. The number of urea groups is 1. The molecule has 3 rings (SSSR count). The lowest BCUT2D eigenvalue weighted by molar-refractivity contribution is 0.0573. The number of hydrogen-bond donors (Lipinski definition) is 2. The number of anilines is 1. The van der Waals surface area contributed by atoms with Crippen LogP contribution in [0.2, 0.25) is 5.02 Å². The second-order valence-corrected chi connectivity index (χ2v) is 6.97. The SMILES string of the molecule is CC1CCN(C(=O)c2ccc(Cl)c(N3CCNC3=O)c2)C(CN)C1. The first-order valence-electron chi connectivity index (χ1n) is 8.37. The van der Waals surface area contributed by atoms with E-state index in [9.17, 15) is 9.59 Å². The van der Waals surface area contributed by atoms with Crippen molar-refractivity contribution in [2.75, 3.05) is 31.1 Å². The number of likely N-dealkylation sites (tertiary alicyclic amines) is 1. The summed E-state index contributed by atoms with van der Waals surface area (Å²) in [6.07, 6.45) is 1.91. The molecular weight excluding hydrogens is 328 g/mol. The zero-order valence-electron chi connectivity index (χ0n) is 13.8. The van der Waals surface area contributed by atoms with E-state index in [1.165, 1.54) is 0 Å². The van der Waals surface area contributed by atoms with Crippen LogP contribution in [-0.4, -0.2) is 49.1 Å². The van der Waals surface area contributed by atoms with Crippen molar-refractivity contribution in [2.45, 2.75) is 25.8 Å². The fraction of sp³-hybridized carbons (Fsp3) is 0.529. The standard InChI is InChI=1S/C17H23ClN4O2/c1-11-4-6-21(13(8-11)10-19)16(23)12-2-3-14(18)15(9-12)22-7-5-20-17(22)24/h2-3,9,11,13H,4-8,10,19H2,1H3,(H,20,24). The van der Waals surface area contributed by atoms with Crippen LogP contribution in [0.3, 0.4) is 0 Å². The number of rotatable bonds is 3. The van der Waals surface area contributed by atoms with Gasteiger partial charge in [-0.25, -0.2) is 4.79 Å². The Morgan fingerprint density at radius 3 is 2.88 bits per heavy atom. The van der Waals surface area contributed by atoms with Crippen molar-refractivity contribution in [3.8, 4) is 0 Å². The molecule has 0 saturated carbocycles. The second-order valence-electron chi connectivity index (χ2n) is 6.57. The number of nitrogens with two attached hydrogens (primary N) is 1. The van der Waals surface area contributed by atoms with Gasteiger partial charge in [0.05, 0.1) is 10.7 Å². The molecule has 0 aromatic heterocycles. The quantitative estimate of drug-likeness (QED) is 0.875. The van der Waals surface area contributed by atoms with E-state index < -0.39 is 0 Å². The average Bonchev–Trinajstić information content (AvgIpc) is 3.00. The van der Waals surface area contributed by atoms with E-state index in [-0.39, 0.29) is 18.0 Å². The maximum atomic E-state index is 12.9. The number of hydrogen-bond acceptors (Lipinski definition) is 3. The predicted molar refractivity (Wildman–Crippen MR) is 94.5 cm³/mol. The minimum absolute atomic E-state index is 0.0464. The number of benzene rings is 1. The minimum atomic E-state index is -0.187. The Morgan fingerprint density at radius 1 is 1.42 bits per heavy atom. The summed E-state index contributed by atoms with van der Waals surface area (Å²) in [6.45, 7) is 4.49. The van der Waals surface area contributed by atoms with Crippen molar-refractivity contribution in [3.05, 3.63) is 28.8 Å². The van der Waals surface area contributed by atoms with Gasteiger partial charge in [0.2, 0.25) is 0 Å². The van der Waals surface area contributed by atoms with Gasteiger partial charge in [-0.1, -0.05) is 18.5 Å².